The summed E-state index contributed by atoms with van der Waals surface area (Å²) in [7, 11) is 3.65. The minimum absolute atomic E-state index is 0.111. The molecule has 0 saturated carbocycles. The van der Waals surface area contributed by atoms with E-state index in [0.717, 1.165) is 56.0 Å². The van der Waals surface area contributed by atoms with E-state index >= 15 is 0 Å². The third kappa shape index (κ3) is 4.78. The van der Waals surface area contributed by atoms with Gasteiger partial charge in [-0.05, 0) is 87.7 Å². The van der Waals surface area contributed by atoms with Crippen LogP contribution in [0.4, 0.5) is 0 Å². The number of carbonyl (C=O) groups excluding carboxylic acids is 1. The maximum Gasteiger partial charge on any atom is 0.228 e. The van der Waals surface area contributed by atoms with Crippen LogP contribution < -0.4 is 10.1 Å². The summed E-state index contributed by atoms with van der Waals surface area (Å²) < 4.78 is 8.11. The van der Waals surface area contributed by atoms with E-state index in [0.29, 0.717) is 12.3 Å². The van der Waals surface area contributed by atoms with Crippen molar-refractivity contribution in [3.05, 3.63) is 46.5 Å². The number of imidazole rings is 1. The average Bonchev–Trinajstić information content (AvgIpc) is 3.16. The number of hydrogen-bond acceptors (Lipinski definition) is 4. The van der Waals surface area contributed by atoms with E-state index in [1.54, 1.807) is 7.11 Å². The lowest BCUT2D eigenvalue weighted by Crippen LogP contribution is -2.43. The fourth-order valence-corrected chi connectivity index (χ4v) is 4.94. The predicted octanol–water partition coefficient (Wildman–Crippen LogP) is 4.35. The monoisotopic (exact) mass is 464 g/mol. The molecule has 1 amide bonds. The number of methoxy groups -OCH3 is 1. The molecule has 2 aliphatic heterocycles. The summed E-state index contributed by atoms with van der Waals surface area (Å²) in [5.74, 6) is 2.62. The van der Waals surface area contributed by atoms with Gasteiger partial charge in [-0.1, -0.05) is 19.9 Å². The summed E-state index contributed by atoms with van der Waals surface area (Å²) in [4.78, 5) is 20.1. The number of ether oxygens (including phenoxy) is 1. The maximum absolute atomic E-state index is 13.2. The highest BCUT2D eigenvalue weighted by atomic mass is 16.5. The third-order valence-corrected chi connectivity index (χ3v) is 7.09. The Morgan fingerprint density at radius 3 is 2.62 bits per heavy atom. The van der Waals surface area contributed by atoms with E-state index in [2.05, 4.69) is 62.7 Å². The number of nitrogens with one attached hydrogen (secondary N) is 1. The minimum Gasteiger partial charge on any atom is -0.496 e. The van der Waals surface area contributed by atoms with Crippen LogP contribution in [0.5, 0.6) is 5.75 Å². The molecule has 0 spiro atoms. The van der Waals surface area contributed by atoms with E-state index in [1.165, 1.54) is 28.1 Å². The van der Waals surface area contributed by atoms with Crippen LogP contribution in [0.3, 0.4) is 0 Å². The Morgan fingerprint density at radius 2 is 2.00 bits per heavy atom. The van der Waals surface area contributed by atoms with Crippen molar-refractivity contribution in [2.75, 3.05) is 27.2 Å². The molecule has 6 nitrogen and oxygen atoms in total. The highest BCUT2D eigenvalue weighted by Gasteiger charge is 2.30. The second-order valence-electron chi connectivity index (χ2n) is 11.0. The Hall–Kier alpha value is -2.60. The number of aromatic nitrogens is 2. The Kier molecular flexibility index (Phi) is 6.90. The van der Waals surface area contributed by atoms with Gasteiger partial charge < -0.3 is 15.0 Å². The van der Waals surface area contributed by atoms with Crippen LogP contribution in [0.1, 0.15) is 69.4 Å². The lowest BCUT2D eigenvalue weighted by Gasteiger charge is -2.32. The number of amides is 1. The van der Waals surface area contributed by atoms with Crippen molar-refractivity contribution in [3.63, 3.8) is 0 Å². The molecule has 2 aromatic rings. The molecule has 1 aromatic carbocycles. The quantitative estimate of drug-likeness (QED) is 0.690. The zero-order valence-electron chi connectivity index (χ0n) is 21.9. The van der Waals surface area contributed by atoms with Crippen LogP contribution in [-0.4, -0.2) is 53.1 Å². The fraction of sp³-hybridized carbons (Fsp3) is 0.571. The molecule has 184 valence electrons. The van der Waals surface area contributed by atoms with Gasteiger partial charge in [0.15, 0.2) is 0 Å². The molecular weight excluding hydrogens is 424 g/mol. The van der Waals surface area contributed by atoms with Gasteiger partial charge in [-0.25, -0.2) is 4.98 Å². The molecular formula is C28H40N4O2. The maximum atomic E-state index is 13.2. The van der Waals surface area contributed by atoms with Gasteiger partial charge in [0.25, 0.3) is 0 Å². The molecule has 0 bridgehead atoms. The number of aryl methyl sites for hydroxylation is 1. The Morgan fingerprint density at radius 1 is 1.24 bits per heavy atom. The Balaban J connectivity index is 1.84. The van der Waals surface area contributed by atoms with Crippen LogP contribution in [-0.2, 0) is 30.5 Å². The molecule has 1 aromatic heterocycles. The number of benzene rings is 1. The highest BCUT2D eigenvalue weighted by Crippen LogP contribution is 2.37. The number of carbonyl (C=O) groups is 1. The second kappa shape index (κ2) is 9.57. The van der Waals surface area contributed by atoms with Gasteiger partial charge in [-0.2, -0.15) is 0 Å². The molecule has 3 heterocycles. The number of nitrogens with zero attached hydrogens (tertiary/aromatic N) is 3. The second-order valence-corrected chi connectivity index (χ2v) is 11.0. The van der Waals surface area contributed by atoms with Crippen LogP contribution in [0, 0.1) is 5.92 Å². The predicted molar refractivity (Wildman–Crippen MR) is 138 cm³/mol. The van der Waals surface area contributed by atoms with Crippen LogP contribution in [0.2, 0.25) is 0 Å². The summed E-state index contributed by atoms with van der Waals surface area (Å²) in [5, 5.41) is 3.41. The number of rotatable bonds is 6. The van der Waals surface area contributed by atoms with Gasteiger partial charge in [0.05, 0.1) is 24.9 Å². The normalized spacial score (nSPS) is 15.6. The van der Waals surface area contributed by atoms with Gasteiger partial charge in [-0.3, -0.25) is 9.36 Å². The fourth-order valence-electron chi connectivity index (χ4n) is 4.94. The first-order chi connectivity index (χ1) is 16.1. The lowest BCUT2D eigenvalue weighted by atomic mass is 9.94. The van der Waals surface area contributed by atoms with E-state index in [9.17, 15) is 4.79 Å². The molecule has 0 aliphatic carbocycles. The topological polar surface area (TPSA) is 59.4 Å². The largest absolute Gasteiger partial charge is 0.496 e. The third-order valence-electron chi connectivity index (χ3n) is 7.09. The first-order valence-electron chi connectivity index (χ1n) is 12.6. The molecule has 0 radical (unpaired) electrons. The van der Waals surface area contributed by atoms with Gasteiger partial charge in [0, 0.05) is 24.8 Å². The van der Waals surface area contributed by atoms with Crippen molar-refractivity contribution in [2.45, 2.75) is 72.3 Å². The van der Waals surface area contributed by atoms with Gasteiger partial charge in [0.2, 0.25) is 5.91 Å². The number of likely N-dealkylation sites (N-methyl/N-ethyl adjacent to an activating group) is 1. The van der Waals surface area contributed by atoms with Crippen molar-refractivity contribution < 1.29 is 9.53 Å². The summed E-state index contributed by atoms with van der Waals surface area (Å²) in [5.41, 5.74) is 6.86. The first-order valence-corrected chi connectivity index (χ1v) is 12.6. The molecule has 0 saturated heterocycles. The van der Waals surface area contributed by atoms with E-state index in [1.807, 2.05) is 11.9 Å². The van der Waals surface area contributed by atoms with Crippen molar-refractivity contribution in [1.29, 1.82) is 0 Å². The SMILES string of the molecule is COc1cc2c(cc1CC(C)C)-n1c(C3=CCNCC3)nc(CC(=O)N(C)C(C)(C)C)c1CC2. The zero-order chi connectivity index (χ0) is 24.6. The van der Waals surface area contributed by atoms with Crippen molar-refractivity contribution in [2.24, 2.45) is 5.92 Å². The zero-order valence-corrected chi connectivity index (χ0v) is 21.9. The van der Waals surface area contributed by atoms with Crippen LogP contribution >= 0.6 is 0 Å². The highest BCUT2D eigenvalue weighted by molar-refractivity contribution is 5.79. The molecule has 34 heavy (non-hydrogen) atoms. The van der Waals surface area contributed by atoms with Crippen molar-refractivity contribution in [3.8, 4) is 11.4 Å². The van der Waals surface area contributed by atoms with Gasteiger partial charge in [-0.15, -0.1) is 0 Å². The van der Waals surface area contributed by atoms with E-state index < -0.39 is 0 Å². The van der Waals surface area contributed by atoms with E-state index in [-0.39, 0.29) is 11.4 Å². The van der Waals surface area contributed by atoms with Crippen LogP contribution in [0.25, 0.3) is 11.3 Å². The summed E-state index contributed by atoms with van der Waals surface area (Å²) in [6.07, 6.45) is 6.29. The molecule has 0 fully saturated rings. The summed E-state index contributed by atoms with van der Waals surface area (Å²) in [6.45, 7) is 12.5. The van der Waals surface area contributed by atoms with Crippen molar-refractivity contribution in [1.82, 2.24) is 19.8 Å². The lowest BCUT2D eigenvalue weighted by molar-refractivity contribution is -0.133. The Labute approximate surface area is 204 Å². The molecule has 1 N–H and O–H groups in total. The smallest absolute Gasteiger partial charge is 0.228 e. The Bertz CT molecular complexity index is 1100. The summed E-state index contributed by atoms with van der Waals surface area (Å²) in [6, 6.07) is 4.52. The minimum atomic E-state index is -0.216. The van der Waals surface area contributed by atoms with E-state index in [4.69, 9.17) is 9.72 Å². The van der Waals surface area contributed by atoms with Crippen LogP contribution in [0.15, 0.2) is 18.2 Å². The molecule has 2 aliphatic rings. The number of hydrogen-bond donors (Lipinski definition) is 1. The molecule has 4 rings (SSSR count). The standard InChI is InChI=1S/C28H40N4O2/c1-18(2)14-21-15-24-20(16-25(21)34-7)8-9-23-22(17-26(33)31(6)28(3,4)5)30-27(32(23)24)19-10-12-29-13-11-19/h10,15-16,18,29H,8-9,11-14,17H2,1-7H3. The molecule has 6 heteroatoms. The summed E-state index contributed by atoms with van der Waals surface area (Å²) >= 11 is 0. The first kappa shape index (κ1) is 24.5. The molecule has 0 atom stereocenters. The average molecular weight is 465 g/mol. The van der Waals surface area contributed by atoms with Gasteiger partial charge >= 0.3 is 0 Å². The number of fused-ring (bicyclic) bond motifs is 3. The van der Waals surface area contributed by atoms with Gasteiger partial charge in [0.1, 0.15) is 11.6 Å². The molecule has 0 unspecified atom stereocenters. The van der Waals surface area contributed by atoms with Crippen molar-refractivity contribution >= 4 is 11.5 Å².